The van der Waals surface area contributed by atoms with Crippen LogP contribution in [0.4, 0.5) is 0 Å². The van der Waals surface area contributed by atoms with E-state index in [1.54, 1.807) is 31.6 Å². The van der Waals surface area contributed by atoms with Gasteiger partial charge in [-0.3, -0.25) is 19.1 Å². The molecule has 3 heterocycles. The van der Waals surface area contributed by atoms with Gasteiger partial charge in [0.2, 0.25) is 0 Å². The number of aryl methyl sites for hydroxylation is 2. The minimum atomic E-state index is -0.256. The van der Waals surface area contributed by atoms with Crippen molar-refractivity contribution in [3.63, 3.8) is 0 Å². The predicted octanol–water partition coefficient (Wildman–Crippen LogP) is 4.39. The molecule has 4 aromatic rings. The zero-order valence-corrected chi connectivity index (χ0v) is 17.8. The standard InChI is InChI=1S/C24H21N3O3S/c1-17-23(21(28)10-9-18-8-5-12-25-15-18)31-24(26-17)27-13-11-20(14-22(27)29)30-16-19-6-3-2-4-7-19/h2-8,11-15H,9-10,16H2,1H3. The second-order valence-corrected chi connectivity index (χ2v) is 8.02. The first kappa shape index (κ1) is 20.7. The van der Waals surface area contributed by atoms with Gasteiger partial charge in [-0.05, 0) is 36.6 Å². The van der Waals surface area contributed by atoms with E-state index in [2.05, 4.69) is 9.97 Å². The van der Waals surface area contributed by atoms with Crippen molar-refractivity contribution in [2.24, 2.45) is 0 Å². The fourth-order valence-corrected chi connectivity index (χ4v) is 4.13. The lowest BCUT2D eigenvalue weighted by Crippen LogP contribution is -2.16. The van der Waals surface area contributed by atoms with E-state index in [1.165, 1.54) is 22.0 Å². The molecule has 0 atom stereocenters. The Morgan fingerprint density at radius 2 is 1.90 bits per heavy atom. The Kier molecular flexibility index (Phi) is 6.33. The van der Waals surface area contributed by atoms with Crippen LogP contribution in [-0.2, 0) is 13.0 Å². The molecule has 0 saturated carbocycles. The lowest BCUT2D eigenvalue weighted by atomic mass is 10.1. The van der Waals surface area contributed by atoms with E-state index in [9.17, 15) is 9.59 Å². The molecule has 3 aromatic heterocycles. The summed E-state index contributed by atoms with van der Waals surface area (Å²) in [6.07, 6.45) is 6.09. The third-order valence-corrected chi connectivity index (χ3v) is 5.95. The summed E-state index contributed by atoms with van der Waals surface area (Å²) in [5, 5.41) is 0.474. The SMILES string of the molecule is Cc1nc(-n2ccc(OCc3ccccc3)cc2=O)sc1C(=O)CCc1cccnc1. The van der Waals surface area contributed by atoms with Gasteiger partial charge in [0, 0.05) is 31.1 Å². The summed E-state index contributed by atoms with van der Waals surface area (Å²) in [5.41, 5.74) is 2.42. The van der Waals surface area contributed by atoms with Crippen LogP contribution in [0, 0.1) is 6.92 Å². The van der Waals surface area contributed by atoms with Gasteiger partial charge >= 0.3 is 0 Å². The molecule has 0 amide bonds. The highest BCUT2D eigenvalue weighted by atomic mass is 32.1. The van der Waals surface area contributed by atoms with Gasteiger partial charge in [0.1, 0.15) is 12.4 Å². The Bertz CT molecular complexity index is 1230. The van der Waals surface area contributed by atoms with Gasteiger partial charge in [0.05, 0.1) is 10.6 Å². The van der Waals surface area contributed by atoms with Gasteiger partial charge in [-0.25, -0.2) is 4.98 Å². The fourth-order valence-electron chi connectivity index (χ4n) is 3.11. The van der Waals surface area contributed by atoms with Crippen molar-refractivity contribution in [3.05, 3.63) is 105 Å². The highest BCUT2D eigenvalue weighted by Crippen LogP contribution is 2.23. The highest BCUT2D eigenvalue weighted by molar-refractivity contribution is 7.16. The number of ether oxygens (including phenoxy) is 1. The molecule has 0 aliphatic rings. The van der Waals surface area contributed by atoms with E-state index >= 15 is 0 Å². The molecule has 0 aliphatic carbocycles. The molecule has 31 heavy (non-hydrogen) atoms. The number of benzene rings is 1. The van der Waals surface area contributed by atoms with Crippen LogP contribution in [0.2, 0.25) is 0 Å². The molecule has 4 rings (SSSR count). The van der Waals surface area contributed by atoms with E-state index < -0.39 is 0 Å². The molecular weight excluding hydrogens is 410 g/mol. The van der Waals surface area contributed by atoms with Crippen LogP contribution in [0.25, 0.3) is 5.13 Å². The minimum Gasteiger partial charge on any atom is -0.489 e. The van der Waals surface area contributed by atoms with Crippen LogP contribution in [-0.4, -0.2) is 20.3 Å². The number of aromatic nitrogens is 3. The molecule has 7 heteroatoms. The second-order valence-electron chi connectivity index (χ2n) is 7.04. The Labute approximate surface area is 183 Å². The van der Waals surface area contributed by atoms with Gasteiger partial charge in [0.25, 0.3) is 5.56 Å². The van der Waals surface area contributed by atoms with Crippen molar-refractivity contribution in [3.8, 4) is 10.9 Å². The summed E-state index contributed by atoms with van der Waals surface area (Å²) >= 11 is 1.23. The summed E-state index contributed by atoms with van der Waals surface area (Å²) < 4.78 is 7.15. The lowest BCUT2D eigenvalue weighted by molar-refractivity contribution is 0.0986. The van der Waals surface area contributed by atoms with Crippen molar-refractivity contribution in [2.75, 3.05) is 0 Å². The molecule has 0 fully saturated rings. The highest BCUT2D eigenvalue weighted by Gasteiger charge is 2.17. The zero-order chi connectivity index (χ0) is 21.6. The summed E-state index contributed by atoms with van der Waals surface area (Å²) in [4.78, 5) is 34.4. The number of ketones is 1. The van der Waals surface area contributed by atoms with Gasteiger partial charge in [-0.1, -0.05) is 47.7 Å². The number of carbonyl (C=O) groups is 1. The summed E-state index contributed by atoms with van der Waals surface area (Å²) in [5.74, 6) is 0.507. The summed E-state index contributed by atoms with van der Waals surface area (Å²) in [6, 6.07) is 16.7. The van der Waals surface area contributed by atoms with E-state index in [-0.39, 0.29) is 11.3 Å². The Hall–Kier alpha value is -3.58. The topological polar surface area (TPSA) is 74.1 Å². The second kappa shape index (κ2) is 9.49. The fraction of sp³-hybridized carbons (Fsp3) is 0.167. The van der Waals surface area contributed by atoms with Gasteiger partial charge in [0.15, 0.2) is 10.9 Å². The number of Topliss-reactive ketones (excluding diaryl/α,β-unsaturated/α-hetero) is 1. The van der Waals surface area contributed by atoms with Crippen LogP contribution in [0.1, 0.15) is 32.9 Å². The van der Waals surface area contributed by atoms with Crippen LogP contribution in [0.3, 0.4) is 0 Å². The third kappa shape index (κ3) is 5.13. The van der Waals surface area contributed by atoms with Gasteiger partial charge < -0.3 is 4.74 Å². The van der Waals surface area contributed by atoms with Crippen LogP contribution in [0.15, 0.2) is 78.0 Å². The lowest BCUT2D eigenvalue weighted by Gasteiger charge is -2.07. The van der Waals surface area contributed by atoms with E-state index in [0.717, 1.165) is 11.1 Å². The first-order valence-electron chi connectivity index (χ1n) is 9.89. The molecule has 156 valence electrons. The molecule has 0 spiro atoms. The monoisotopic (exact) mass is 431 g/mol. The van der Waals surface area contributed by atoms with Gasteiger partial charge in [-0.15, -0.1) is 0 Å². The number of hydrogen-bond acceptors (Lipinski definition) is 6. The van der Waals surface area contributed by atoms with Crippen LogP contribution in [0.5, 0.6) is 5.75 Å². The predicted molar refractivity (Wildman–Crippen MR) is 120 cm³/mol. The van der Waals surface area contributed by atoms with Crippen LogP contribution >= 0.6 is 11.3 Å². The zero-order valence-electron chi connectivity index (χ0n) is 17.0. The van der Waals surface area contributed by atoms with Crippen LogP contribution < -0.4 is 10.3 Å². The largest absolute Gasteiger partial charge is 0.489 e. The minimum absolute atomic E-state index is 0.0148. The van der Waals surface area contributed by atoms with E-state index in [4.69, 9.17) is 4.74 Å². The Morgan fingerprint density at radius 1 is 1.10 bits per heavy atom. The smallest absolute Gasteiger partial charge is 0.260 e. The molecule has 0 radical (unpaired) electrons. The molecule has 0 bridgehead atoms. The van der Waals surface area contributed by atoms with Crippen molar-refractivity contribution in [2.45, 2.75) is 26.4 Å². The third-order valence-electron chi connectivity index (χ3n) is 4.75. The van der Waals surface area contributed by atoms with E-state index in [0.29, 0.717) is 40.9 Å². The Morgan fingerprint density at radius 3 is 2.65 bits per heavy atom. The summed E-state index contributed by atoms with van der Waals surface area (Å²) in [7, 11) is 0. The molecule has 0 unspecified atom stereocenters. The van der Waals surface area contributed by atoms with E-state index in [1.807, 2.05) is 42.5 Å². The first-order valence-corrected chi connectivity index (χ1v) is 10.7. The number of thiazole rings is 1. The number of pyridine rings is 2. The molecule has 6 nitrogen and oxygen atoms in total. The van der Waals surface area contributed by atoms with Crippen molar-refractivity contribution in [1.82, 2.24) is 14.5 Å². The Balaban J connectivity index is 1.46. The maximum absolute atomic E-state index is 12.7. The van der Waals surface area contributed by atoms with Crippen molar-refractivity contribution >= 4 is 17.1 Å². The molecular formula is C24H21N3O3S. The maximum atomic E-state index is 12.7. The number of carbonyl (C=O) groups excluding carboxylic acids is 1. The number of nitrogens with zero attached hydrogens (tertiary/aromatic N) is 3. The quantitative estimate of drug-likeness (QED) is 0.387. The molecule has 1 aromatic carbocycles. The molecule has 0 N–H and O–H groups in total. The normalized spacial score (nSPS) is 10.7. The maximum Gasteiger partial charge on any atom is 0.260 e. The molecule has 0 saturated heterocycles. The van der Waals surface area contributed by atoms with Gasteiger partial charge in [-0.2, -0.15) is 0 Å². The van der Waals surface area contributed by atoms with Crippen molar-refractivity contribution in [1.29, 1.82) is 0 Å². The average molecular weight is 432 g/mol. The number of hydrogen-bond donors (Lipinski definition) is 0. The summed E-state index contributed by atoms with van der Waals surface area (Å²) in [6.45, 7) is 2.18. The van der Waals surface area contributed by atoms with Crippen molar-refractivity contribution < 1.29 is 9.53 Å². The molecule has 0 aliphatic heterocycles. The first-order chi connectivity index (χ1) is 15.1. The average Bonchev–Trinajstić information content (AvgIpc) is 3.19. The number of rotatable bonds is 8.